The lowest BCUT2D eigenvalue weighted by Gasteiger charge is -2.31. The number of ether oxygens (including phenoxy) is 3. The highest BCUT2D eigenvalue weighted by molar-refractivity contribution is 6.06. The van der Waals surface area contributed by atoms with E-state index in [9.17, 15) is 4.79 Å². The molecule has 1 heterocycles. The summed E-state index contributed by atoms with van der Waals surface area (Å²) in [6.45, 7) is 11.8. The van der Waals surface area contributed by atoms with Crippen LogP contribution in [0.15, 0.2) is 30.3 Å². The Bertz CT molecular complexity index is 860. The van der Waals surface area contributed by atoms with Crippen molar-refractivity contribution < 1.29 is 19.0 Å². The van der Waals surface area contributed by atoms with Gasteiger partial charge in [-0.15, -0.1) is 0 Å². The van der Waals surface area contributed by atoms with Crippen LogP contribution in [-0.4, -0.2) is 45.4 Å². The lowest BCUT2D eigenvalue weighted by molar-refractivity contribution is 0.102. The first-order valence-electron chi connectivity index (χ1n) is 10.2. The third-order valence-corrected chi connectivity index (χ3v) is 5.11. The van der Waals surface area contributed by atoms with E-state index in [1.807, 2.05) is 58.0 Å². The third-order valence-electron chi connectivity index (χ3n) is 5.11. The fraction of sp³-hybridized carbons (Fsp3) is 0.435. The predicted molar refractivity (Wildman–Crippen MR) is 116 cm³/mol. The Hall–Kier alpha value is -2.73. The van der Waals surface area contributed by atoms with Gasteiger partial charge in [0.2, 0.25) is 0 Å². The van der Waals surface area contributed by atoms with Crippen molar-refractivity contribution in [2.75, 3.05) is 49.7 Å². The smallest absolute Gasteiger partial charge is 0.256 e. The second kappa shape index (κ2) is 9.65. The van der Waals surface area contributed by atoms with Gasteiger partial charge in [-0.05, 0) is 44.9 Å². The van der Waals surface area contributed by atoms with Gasteiger partial charge in [-0.3, -0.25) is 4.79 Å². The lowest BCUT2D eigenvalue weighted by atomic mass is 10.0. The molecule has 2 aromatic carbocycles. The van der Waals surface area contributed by atoms with Crippen LogP contribution in [0.4, 0.5) is 11.4 Å². The molecule has 1 saturated heterocycles. The molecule has 3 rings (SSSR count). The molecule has 156 valence electrons. The number of hydrogen-bond donors (Lipinski definition) is 1. The van der Waals surface area contributed by atoms with Gasteiger partial charge < -0.3 is 24.4 Å². The highest BCUT2D eigenvalue weighted by Gasteiger charge is 2.21. The number of nitrogens with zero attached hydrogens (tertiary/aromatic N) is 1. The number of nitrogens with one attached hydrogen (secondary N) is 1. The summed E-state index contributed by atoms with van der Waals surface area (Å²) in [5, 5.41) is 3.02. The van der Waals surface area contributed by atoms with Crippen LogP contribution in [0.5, 0.6) is 11.5 Å². The number of anilines is 2. The Morgan fingerprint density at radius 2 is 1.76 bits per heavy atom. The highest BCUT2D eigenvalue weighted by Crippen LogP contribution is 2.39. The van der Waals surface area contributed by atoms with Gasteiger partial charge in [-0.1, -0.05) is 12.1 Å². The number of amides is 1. The summed E-state index contributed by atoms with van der Waals surface area (Å²) in [5.74, 6) is 1.21. The molecule has 1 fully saturated rings. The number of carbonyl (C=O) groups excluding carboxylic acids is 1. The van der Waals surface area contributed by atoms with Gasteiger partial charge in [-0.2, -0.15) is 0 Å². The highest BCUT2D eigenvalue weighted by atomic mass is 16.5. The Morgan fingerprint density at radius 1 is 1.07 bits per heavy atom. The van der Waals surface area contributed by atoms with Crippen molar-refractivity contribution in [1.82, 2.24) is 0 Å². The van der Waals surface area contributed by atoms with Crippen molar-refractivity contribution in [3.8, 4) is 11.5 Å². The van der Waals surface area contributed by atoms with Crippen LogP contribution in [-0.2, 0) is 4.74 Å². The Balaban J connectivity index is 1.97. The summed E-state index contributed by atoms with van der Waals surface area (Å²) < 4.78 is 17.2. The summed E-state index contributed by atoms with van der Waals surface area (Å²) in [5.41, 5.74) is 4.28. The van der Waals surface area contributed by atoms with Crippen LogP contribution in [0.3, 0.4) is 0 Å². The van der Waals surface area contributed by atoms with Gasteiger partial charge in [0.05, 0.1) is 37.8 Å². The van der Waals surface area contributed by atoms with Crippen LogP contribution in [0.1, 0.15) is 35.3 Å². The van der Waals surface area contributed by atoms with Crippen molar-refractivity contribution in [3.05, 3.63) is 47.0 Å². The molecule has 0 bridgehead atoms. The van der Waals surface area contributed by atoms with Gasteiger partial charge in [0.15, 0.2) is 0 Å². The zero-order chi connectivity index (χ0) is 20.8. The number of carbonyl (C=O) groups is 1. The number of aryl methyl sites for hydroxylation is 1. The normalized spacial score (nSPS) is 13.9. The van der Waals surface area contributed by atoms with E-state index in [-0.39, 0.29) is 5.91 Å². The first-order chi connectivity index (χ1) is 14.0. The molecule has 6 heteroatoms. The second-order valence-electron chi connectivity index (χ2n) is 6.98. The van der Waals surface area contributed by atoms with E-state index in [1.54, 1.807) is 0 Å². The molecule has 2 aromatic rings. The number of hydrogen-bond acceptors (Lipinski definition) is 5. The van der Waals surface area contributed by atoms with Gasteiger partial charge in [0, 0.05) is 30.8 Å². The summed E-state index contributed by atoms with van der Waals surface area (Å²) >= 11 is 0. The quantitative estimate of drug-likeness (QED) is 0.758. The molecule has 1 aliphatic heterocycles. The van der Waals surface area contributed by atoms with Gasteiger partial charge >= 0.3 is 0 Å². The maximum Gasteiger partial charge on any atom is 0.256 e. The van der Waals surface area contributed by atoms with E-state index in [0.717, 1.165) is 35.7 Å². The monoisotopic (exact) mass is 398 g/mol. The number of benzene rings is 2. The van der Waals surface area contributed by atoms with Crippen LogP contribution < -0.4 is 19.7 Å². The number of rotatable bonds is 7. The minimum absolute atomic E-state index is 0.159. The first kappa shape index (κ1) is 21.0. The van der Waals surface area contributed by atoms with Gasteiger partial charge in [-0.25, -0.2) is 0 Å². The molecule has 0 saturated carbocycles. The maximum atomic E-state index is 13.0. The fourth-order valence-corrected chi connectivity index (χ4v) is 3.43. The molecule has 0 aromatic heterocycles. The van der Waals surface area contributed by atoms with E-state index in [1.165, 1.54) is 0 Å². The van der Waals surface area contributed by atoms with E-state index in [4.69, 9.17) is 14.2 Å². The zero-order valence-corrected chi connectivity index (χ0v) is 17.7. The topological polar surface area (TPSA) is 60.0 Å². The molecular formula is C23H30N2O4. The van der Waals surface area contributed by atoms with E-state index < -0.39 is 0 Å². The minimum Gasteiger partial charge on any atom is -0.492 e. The molecule has 29 heavy (non-hydrogen) atoms. The first-order valence-corrected chi connectivity index (χ1v) is 10.2. The lowest BCUT2D eigenvalue weighted by Crippen LogP contribution is -2.36. The third kappa shape index (κ3) is 4.82. The Morgan fingerprint density at radius 3 is 2.45 bits per heavy atom. The van der Waals surface area contributed by atoms with Crippen molar-refractivity contribution in [2.45, 2.75) is 27.7 Å². The second-order valence-corrected chi connectivity index (χ2v) is 6.98. The van der Waals surface area contributed by atoms with E-state index >= 15 is 0 Å². The van der Waals surface area contributed by atoms with E-state index in [0.29, 0.717) is 43.4 Å². The van der Waals surface area contributed by atoms with Gasteiger partial charge in [0.25, 0.3) is 5.91 Å². The summed E-state index contributed by atoms with van der Waals surface area (Å²) in [4.78, 5) is 15.2. The van der Waals surface area contributed by atoms with Crippen molar-refractivity contribution in [3.63, 3.8) is 0 Å². The Labute approximate surface area is 172 Å². The predicted octanol–water partition coefficient (Wildman–Crippen LogP) is 4.19. The van der Waals surface area contributed by atoms with Gasteiger partial charge in [0.1, 0.15) is 11.5 Å². The maximum absolute atomic E-state index is 13.0. The Kier molecular flexibility index (Phi) is 6.99. The molecule has 1 aliphatic rings. The molecule has 0 aliphatic carbocycles. The fourth-order valence-electron chi connectivity index (χ4n) is 3.43. The van der Waals surface area contributed by atoms with Crippen LogP contribution >= 0.6 is 0 Å². The minimum atomic E-state index is -0.159. The molecular weight excluding hydrogens is 368 g/mol. The van der Waals surface area contributed by atoms with Crippen LogP contribution in [0, 0.1) is 13.8 Å². The molecule has 0 unspecified atom stereocenters. The average molecular weight is 399 g/mol. The van der Waals surface area contributed by atoms with Crippen molar-refractivity contribution >= 4 is 17.3 Å². The summed E-state index contributed by atoms with van der Waals surface area (Å²) in [6.07, 6.45) is 0. The molecule has 1 N–H and O–H groups in total. The molecule has 0 atom stereocenters. The van der Waals surface area contributed by atoms with E-state index in [2.05, 4.69) is 10.2 Å². The SMILES string of the molecule is CCOc1cc(N2CCOCC2)c(OCC)cc1NC(=O)c1cccc(C)c1C. The molecule has 0 radical (unpaired) electrons. The standard InChI is InChI=1S/C23H30N2O4/c1-5-28-21-15-20(25-10-12-27-13-11-25)22(29-6-2)14-19(21)24-23(26)18-9-7-8-16(3)17(18)4/h7-9,14-15H,5-6,10-13H2,1-4H3,(H,24,26). The number of morpholine rings is 1. The molecule has 6 nitrogen and oxygen atoms in total. The van der Waals surface area contributed by atoms with Crippen LogP contribution in [0.25, 0.3) is 0 Å². The van der Waals surface area contributed by atoms with Crippen molar-refractivity contribution in [1.29, 1.82) is 0 Å². The molecule has 1 amide bonds. The zero-order valence-electron chi connectivity index (χ0n) is 17.7. The summed E-state index contributed by atoms with van der Waals surface area (Å²) in [6, 6.07) is 9.56. The van der Waals surface area contributed by atoms with Crippen molar-refractivity contribution in [2.24, 2.45) is 0 Å². The average Bonchev–Trinajstić information content (AvgIpc) is 2.72. The van der Waals surface area contributed by atoms with Crippen LogP contribution in [0.2, 0.25) is 0 Å². The summed E-state index contributed by atoms with van der Waals surface area (Å²) in [7, 11) is 0. The largest absolute Gasteiger partial charge is 0.492 e. The molecule has 0 spiro atoms.